The van der Waals surface area contributed by atoms with Crippen LogP contribution >= 0.6 is 0 Å². The van der Waals surface area contributed by atoms with E-state index in [0.717, 1.165) is 19.1 Å². The normalized spacial score (nSPS) is 14.8. The molecule has 0 spiro atoms. The third kappa shape index (κ3) is 3.47. The van der Waals surface area contributed by atoms with E-state index in [2.05, 4.69) is 17.1 Å². The lowest BCUT2D eigenvalue weighted by molar-refractivity contribution is 0.0948. The summed E-state index contributed by atoms with van der Waals surface area (Å²) in [6.07, 6.45) is 2.58. The summed E-state index contributed by atoms with van der Waals surface area (Å²) in [5.74, 6) is 0.0966. The Kier molecular flexibility index (Phi) is 4.20. The number of aromatic hydroxyl groups is 1. The molecule has 18 heavy (non-hydrogen) atoms. The van der Waals surface area contributed by atoms with Gasteiger partial charge in [-0.15, -0.1) is 0 Å². The molecule has 1 aliphatic carbocycles. The maximum Gasteiger partial charge on any atom is 0.251 e. The van der Waals surface area contributed by atoms with Crippen molar-refractivity contribution in [2.24, 2.45) is 0 Å². The zero-order valence-corrected chi connectivity index (χ0v) is 10.7. The molecule has 1 aliphatic rings. The molecule has 4 nitrogen and oxygen atoms in total. The van der Waals surface area contributed by atoms with Gasteiger partial charge in [-0.25, -0.2) is 0 Å². The van der Waals surface area contributed by atoms with Gasteiger partial charge in [0.2, 0.25) is 0 Å². The number of amides is 1. The minimum Gasteiger partial charge on any atom is -0.508 e. The van der Waals surface area contributed by atoms with Gasteiger partial charge in [0.05, 0.1) is 0 Å². The average Bonchev–Trinajstić information content (AvgIpc) is 3.19. The lowest BCUT2D eigenvalue weighted by Crippen LogP contribution is -2.36. The molecule has 1 aromatic rings. The molecule has 98 valence electrons. The van der Waals surface area contributed by atoms with Crippen molar-refractivity contribution in [1.29, 1.82) is 0 Å². The van der Waals surface area contributed by atoms with Crippen LogP contribution in [-0.4, -0.2) is 41.6 Å². The summed E-state index contributed by atoms with van der Waals surface area (Å²) < 4.78 is 0. The van der Waals surface area contributed by atoms with Gasteiger partial charge in [-0.3, -0.25) is 9.69 Å². The first-order valence-corrected chi connectivity index (χ1v) is 6.52. The van der Waals surface area contributed by atoms with Gasteiger partial charge in [0.25, 0.3) is 5.91 Å². The van der Waals surface area contributed by atoms with E-state index < -0.39 is 0 Å². The molecule has 0 unspecified atom stereocenters. The lowest BCUT2D eigenvalue weighted by Gasteiger charge is -2.19. The molecule has 1 aromatic carbocycles. The molecular formula is C14H20N2O2. The molecule has 4 heteroatoms. The molecule has 2 rings (SSSR count). The number of phenolic OH excluding ortho intramolecular Hbond substituents is 1. The van der Waals surface area contributed by atoms with Crippen molar-refractivity contribution in [3.8, 4) is 5.75 Å². The number of hydrogen-bond donors (Lipinski definition) is 2. The van der Waals surface area contributed by atoms with Gasteiger partial charge < -0.3 is 10.4 Å². The second-order valence-electron chi connectivity index (χ2n) is 4.66. The summed E-state index contributed by atoms with van der Waals surface area (Å²) >= 11 is 0. The number of nitrogens with one attached hydrogen (secondary N) is 1. The van der Waals surface area contributed by atoms with Crippen LogP contribution in [0.5, 0.6) is 5.75 Å². The molecule has 1 fully saturated rings. The molecule has 2 N–H and O–H groups in total. The zero-order chi connectivity index (χ0) is 13.0. The predicted octanol–water partition coefficient (Wildman–Crippen LogP) is 1.61. The Morgan fingerprint density at radius 3 is 2.61 bits per heavy atom. The maximum atomic E-state index is 11.8. The Morgan fingerprint density at radius 2 is 2.06 bits per heavy atom. The first kappa shape index (κ1) is 12.9. The van der Waals surface area contributed by atoms with E-state index in [1.165, 1.54) is 25.0 Å². The first-order valence-electron chi connectivity index (χ1n) is 6.52. The number of rotatable bonds is 6. The summed E-state index contributed by atoms with van der Waals surface area (Å²) in [5, 5.41) is 12.1. The highest BCUT2D eigenvalue weighted by molar-refractivity contribution is 5.94. The van der Waals surface area contributed by atoms with Crippen LogP contribution in [0.4, 0.5) is 0 Å². The second kappa shape index (κ2) is 5.87. The summed E-state index contributed by atoms with van der Waals surface area (Å²) in [5.41, 5.74) is 0.585. The highest BCUT2D eigenvalue weighted by Gasteiger charge is 2.27. The zero-order valence-electron chi connectivity index (χ0n) is 10.7. The van der Waals surface area contributed by atoms with E-state index in [-0.39, 0.29) is 11.7 Å². The van der Waals surface area contributed by atoms with Crippen LogP contribution in [0.1, 0.15) is 30.1 Å². The van der Waals surface area contributed by atoms with Gasteiger partial charge in [-0.05, 0) is 43.7 Å². The molecule has 1 amide bonds. The van der Waals surface area contributed by atoms with Crippen molar-refractivity contribution >= 4 is 5.91 Å². The van der Waals surface area contributed by atoms with E-state index in [0.29, 0.717) is 12.1 Å². The number of hydrogen-bond acceptors (Lipinski definition) is 3. The Morgan fingerprint density at radius 1 is 1.39 bits per heavy atom. The van der Waals surface area contributed by atoms with Crippen LogP contribution in [0.3, 0.4) is 0 Å². The van der Waals surface area contributed by atoms with Gasteiger partial charge in [0.15, 0.2) is 0 Å². The smallest absolute Gasteiger partial charge is 0.251 e. The Balaban J connectivity index is 1.75. The number of carbonyl (C=O) groups is 1. The second-order valence-corrected chi connectivity index (χ2v) is 4.66. The standard InChI is InChI=1S/C14H20N2O2/c1-2-16(12-5-6-12)10-9-15-14(18)11-3-7-13(17)8-4-11/h3-4,7-8,12,17H,2,5-6,9-10H2,1H3,(H,15,18). The number of nitrogens with zero attached hydrogens (tertiary/aromatic N) is 1. The minimum absolute atomic E-state index is 0.0816. The van der Waals surface area contributed by atoms with Crippen molar-refractivity contribution in [3.63, 3.8) is 0 Å². The van der Waals surface area contributed by atoms with Gasteiger partial charge in [-0.1, -0.05) is 6.92 Å². The molecule has 0 atom stereocenters. The summed E-state index contributed by atoms with van der Waals surface area (Å²) in [6.45, 7) is 4.77. The molecule has 0 aromatic heterocycles. The van der Waals surface area contributed by atoms with Crippen molar-refractivity contribution < 1.29 is 9.90 Å². The highest BCUT2D eigenvalue weighted by Crippen LogP contribution is 2.25. The topological polar surface area (TPSA) is 52.6 Å². The monoisotopic (exact) mass is 248 g/mol. The first-order chi connectivity index (χ1) is 8.70. The Bertz CT molecular complexity index is 399. The minimum atomic E-state index is -0.0816. The fourth-order valence-corrected chi connectivity index (χ4v) is 2.07. The third-order valence-corrected chi connectivity index (χ3v) is 3.28. The van der Waals surface area contributed by atoms with E-state index in [9.17, 15) is 4.79 Å². The Labute approximate surface area is 108 Å². The SMILES string of the molecule is CCN(CCNC(=O)c1ccc(O)cc1)C1CC1. The van der Waals surface area contributed by atoms with Crippen molar-refractivity contribution in [2.75, 3.05) is 19.6 Å². The van der Waals surface area contributed by atoms with Gasteiger partial charge in [0, 0.05) is 24.7 Å². The molecule has 1 saturated carbocycles. The average molecular weight is 248 g/mol. The van der Waals surface area contributed by atoms with Crippen molar-refractivity contribution in [1.82, 2.24) is 10.2 Å². The number of phenols is 1. The van der Waals surface area contributed by atoms with E-state index in [1.807, 2.05) is 0 Å². The van der Waals surface area contributed by atoms with Crippen LogP contribution in [0.25, 0.3) is 0 Å². The van der Waals surface area contributed by atoms with Crippen LogP contribution in [-0.2, 0) is 0 Å². The van der Waals surface area contributed by atoms with E-state index in [4.69, 9.17) is 5.11 Å². The quantitative estimate of drug-likeness (QED) is 0.804. The number of carbonyl (C=O) groups excluding carboxylic acids is 1. The number of likely N-dealkylation sites (N-methyl/N-ethyl adjacent to an activating group) is 1. The largest absolute Gasteiger partial charge is 0.508 e. The molecular weight excluding hydrogens is 228 g/mol. The predicted molar refractivity (Wildman–Crippen MR) is 70.7 cm³/mol. The Hall–Kier alpha value is -1.55. The van der Waals surface area contributed by atoms with Gasteiger partial charge >= 0.3 is 0 Å². The molecule has 0 radical (unpaired) electrons. The van der Waals surface area contributed by atoms with Crippen LogP contribution in [0.15, 0.2) is 24.3 Å². The van der Waals surface area contributed by atoms with Gasteiger partial charge in [-0.2, -0.15) is 0 Å². The van der Waals surface area contributed by atoms with Crippen LogP contribution < -0.4 is 5.32 Å². The van der Waals surface area contributed by atoms with E-state index in [1.54, 1.807) is 12.1 Å². The fourth-order valence-electron chi connectivity index (χ4n) is 2.07. The fraction of sp³-hybridized carbons (Fsp3) is 0.500. The summed E-state index contributed by atoms with van der Waals surface area (Å²) in [7, 11) is 0. The van der Waals surface area contributed by atoms with Crippen LogP contribution in [0, 0.1) is 0 Å². The summed E-state index contributed by atoms with van der Waals surface area (Å²) in [6, 6.07) is 7.04. The molecule has 0 heterocycles. The number of benzene rings is 1. The van der Waals surface area contributed by atoms with Crippen molar-refractivity contribution in [3.05, 3.63) is 29.8 Å². The highest BCUT2D eigenvalue weighted by atomic mass is 16.3. The molecule has 0 aliphatic heterocycles. The summed E-state index contributed by atoms with van der Waals surface area (Å²) in [4.78, 5) is 14.2. The molecule has 0 bridgehead atoms. The van der Waals surface area contributed by atoms with Crippen LogP contribution in [0.2, 0.25) is 0 Å². The van der Waals surface area contributed by atoms with Crippen molar-refractivity contribution in [2.45, 2.75) is 25.8 Å². The lowest BCUT2D eigenvalue weighted by atomic mass is 10.2. The van der Waals surface area contributed by atoms with E-state index >= 15 is 0 Å². The molecule has 0 saturated heterocycles. The third-order valence-electron chi connectivity index (χ3n) is 3.28. The van der Waals surface area contributed by atoms with Gasteiger partial charge in [0.1, 0.15) is 5.75 Å². The maximum absolute atomic E-state index is 11.8.